The first-order valence-corrected chi connectivity index (χ1v) is 6.11. The Bertz CT molecular complexity index is 252. The molecule has 3 rings (SSSR count). The molecule has 2 aromatic heterocycles. The standard InChI is InChI=1S/2C5H5N.C4H10N2/c2*1-2-4-6-5-3-1;1-2-6-4-3-5-1/h2*1-5H;5-6H,1-4H2. The molecule has 2 aromatic rings. The van der Waals surface area contributed by atoms with Gasteiger partial charge in [-0.15, -0.1) is 0 Å². The van der Waals surface area contributed by atoms with E-state index in [1.807, 2.05) is 36.4 Å². The Morgan fingerprint density at radius 3 is 0.944 bits per heavy atom. The quantitative estimate of drug-likeness (QED) is 0.734. The van der Waals surface area contributed by atoms with E-state index in [1.165, 1.54) is 0 Å². The van der Waals surface area contributed by atoms with E-state index in [-0.39, 0.29) is 0 Å². The first-order valence-electron chi connectivity index (χ1n) is 6.11. The van der Waals surface area contributed by atoms with Crippen LogP contribution in [0, 0.1) is 0 Å². The summed E-state index contributed by atoms with van der Waals surface area (Å²) in [6.45, 7) is 4.56. The van der Waals surface area contributed by atoms with Crippen LogP contribution in [-0.2, 0) is 0 Å². The molecule has 1 fully saturated rings. The van der Waals surface area contributed by atoms with Crippen molar-refractivity contribution in [2.45, 2.75) is 0 Å². The maximum Gasteiger partial charge on any atom is 0.0267 e. The Morgan fingerprint density at radius 2 is 0.833 bits per heavy atom. The largest absolute Gasteiger partial charge is 0.314 e. The van der Waals surface area contributed by atoms with E-state index >= 15 is 0 Å². The van der Waals surface area contributed by atoms with Crippen LogP contribution < -0.4 is 10.6 Å². The molecule has 4 heteroatoms. The van der Waals surface area contributed by atoms with Crippen molar-refractivity contribution in [3.63, 3.8) is 0 Å². The van der Waals surface area contributed by atoms with Gasteiger partial charge >= 0.3 is 0 Å². The Hall–Kier alpha value is -1.78. The molecular formula is C14H20N4. The fraction of sp³-hybridized carbons (Fsp3) is 0.286. The monoisotopic (exact) mass is 244 g/mol. The zero-order chi connectivity index (χ0) is 12.7. The molecule has 2 N–H and O–H groups in total. The lowest BCUT2D eigenvalue weighted by Gasteiger charge is -2.11. The Balaban J connectivity index is 0.000000135. The Morgan fingerprint density at radius 1 is 0.500 bits per heavy atom. The van der Waals surface area contributed by atoms with Crippen LogP contribution in [0.2, 0.25) is 0 Å². The molecule has 18 heavy (non-hydrogen) atoms. The average molecular weight is 244 g/mol. The third-order valence-corrected chi connectivity index (χ3v) is 2.09. The molecule has 96 valence electrons. The summed E-state index contributed by atoms with van der Waals surface area (Å²) < 4.78 is 0. The van der Waals surface area contributed by atoms with Crippen LogP contribution in [0.1, 0.15) is 0 Å². The number of nitrogens with one attached hydrogen (secondary N) is 2. The summed E-state index contributed by atoms with van der Waals surface area (Å²) in [7, 11) is 0. The van der Waals surface area contributed by atoms with E-state index in [1.54, 1.807) is 24.8 Å². The molecule has 1 aliphatic rings. The highest BCUT2D eigenvalue weighted by molar-refractivity contribution is 4.88. The smallest absolute Gasteiger partial charge is 0.0267 e. The topological polar surface area (TPSA) is 49.8 Å². The van der Waals surface area contributed by atoms with Crippen LogP contribution >= 0.6 is 0 Å². The predicted molar refractivity (Wildman–Crippen MR) is 74.2 cm³/mol. The van der Waals surface area contributed by atoms with Gasteiger partial charge in [-0.1, -0.05) is 12.1 Å². The summed E-state index contributed by atoms with van der Waals surface area (Å²) in [5.41, 5.74) is 0. The number of hydrogen-bond acceptors (Lipinski definition) is 4. The van der Waals surface area contributed by atoms with Gasteiger partial charge in [0.2, 0.25) is 0 Å². The van der Waals surface area contributed by atoms with E-state index in [0.29, 0.717) is 0 Å². The summed E-state index contributed by atoms with van der Waals surface area (Å²) in [4.78, 5) is 7.57. The number of aromatic nitrogens is 2. The van der Waals surface area contributed by atoms with E-state index in [4.69, 9.17) is 0 Å². The van der Waals surface area contributed by atoms with Gasteiger partial charge in [0.05, 0.1) is 0 Å². The maximum absolute atomic E-state index is 3.78. The van der Waals surface area contributed by atoms with Gasteiger partial charge in [0, 0.05) is 51.0 Å². The highest BCUT2D eigenvalue weighted by Gasteiger charge is 1.91. The number of rotatable bonds is 0. The number of nitrogens with zero attached hydrogens (tertiary/aromatic N) is 2. The SMILES string of the molecule is C1CNCCN1.c1ccncc1.c1ccncc1. The number of pyridine rings is 2. The summed E-state index contributed by atoms with van der Waals surface area (Å²) in [5, 5.41) is 6.44. The molecule has 0 atom stereocenters. The molecule has 0 saturated carbocycles. The fourth-order valence-electron chi connectivity index (χ4n) is 1.23. The Kier molecular flexibility index (Phi) is 9.28. The van der Waals surface area contributed by atoms with E-state index < -0.39 is 0 Å². The van der Waals surface area contributed by atoms with Crippen molar-refractivity contribution in [2.24, 2.45) is 0 Å². The van der Waals surface area contributed by atoms with Gasteiger partial charge in [-0.05, 0) is 24.3 Å². The van der Waals surface area contributed by atoms with Crippen LogP contribution in [-0.4, -0.2) is 36.1 Å². The van der Waals surface area contributed by atoms with Crippen LogP contribution in [0.4, 0.5) is 0 Å². The van der Waals surface area contributed by atoms with Gasteiger partial charge in [-0.2, -0.15) is 0 Å². The van der Waals surface area contributed by atoms with Gasteiger partial charge in [0.15, 0.2) is 0 Å². The molecule has 3 heterocycles. The fourth-order valence-corrected chi connectivity index (χ4v) is 1.23. The lowest BCUT2D eigenvalue weighted by atomic mass is 10.4. The average Bonchev–Trinajstić information content (AvgIpc) is 2.54. The van der Waals surface area contributed by atoms with E-state index in [9.17, 15) is 0 Å². The lowest BCUT2D eigenvalue weighted by molar-refractivity contribution is 0.534. The summed E-state index contributed by atoms with van der Waals surface area (Å²) in [6.07, 6.45) is 7.00. The van der Waals surface area contributed by atoms with Crippen LogP contribution in [0.3, 0.4) is 0 Å². The second-order valence-electron chi connectivity index (χ2n) is 3.55. The maximum atomic E-state index is 3.78. The minimum Gasteiger partial charge on any atom is -0.314 e. The van der Waals surface area contributed by atoms with Crippen molar-refractivity contribution in [1.82, 2.24) is 20.6 Å². The second kappa shape index (κ2) is 11.7. The lowest BCUT2D eigenvalue weighted by Crippen LogP contribution is -2.39. The summed E-state index contributed by atoms with van der Waals surface area (Å²) in [5.74, 6) is 0. The molecular weight excluding hydrogens is 224 g/mol. The first kappa shape index (κ1) is 14.3. The minimum absolute atomic E-state index is 1.14. The highest BCUT2D eigenvalue weighted by atomic mass is 15.0. The number of piperazine rings is 1. The third kappa shape index (κ3) is 9.45. The molecule has 0 aromatic carbocycles. The minimum atomic E-state index is 1.14. The van der Waals surface area contributed by atoms with Crippen LogP contribution in [0.15, 0.2) is 61.2 Å². The zero-order valence-corrected chi connectivity index (χ0v) is 10.5. The molecule has 0 amide bonds. The van der Waals surface area contributed by atoms with E-state index in [2.05, 4.69) is 20.6 Å². The zero-order valence-electron chi connectivity index (χ0n) is 10.5. The van der Waals surface area contributed by atoms with Gasteiger partial charge in [-0.3, -0.25) is 9.97 Å². The second-order valence-corrected chi connectivity index (χ2v) is 3.55. The molecule has 0 radical (unpaired) electrons. The molecule has 0 bridgehead atoms. The summed E-state index contributed by atoms with van der Waals surface area (Å²) in [6, 6.07) is 11.4. The molecule has 0 spiro atoms. The molecule has 4 nitrogen and oxygen atoms in total. The van der Waals surface area contributed by atoms with Crippen molar-refractivity contribution in [1.29, 1.82) is 0 Å². The van der Waals surface area contributed by atoms with Gasteiger partial charge < -0.3 is 10.6 Å². The van der Waals surface area contributed by atoms with Crippen LogP contribution in [0.25, 0.3) is 0 Å². The molecule has 1 aliphatic heterocycles. The molecule has 1 saturated heterocycles. The van der Waals surface area contributed by atoms with Gasteiger partial charge in [-0.25, -0.2) is 0 Å². The molecule has 0 unspecified atom stereocenters. The van der Waals surface area contributed by atoms with Crippen molar-refractivity contribution >= 4 is 0 Å². The highest BCUT2D eigenvalue weighted by Crippen LogP contribution is 1.74. The third-order valence-electron chi connectivity index (χ3n) is 2.09. The normalized spacial score (nSPS) is 13.3. The van der Waals surface area contributed by atoms with Gasteiger partial charge in [0.1, 0.15) is 0 Å². The van der Waals surface area contributed by atoms with Crippen molar-refractivity contribution in [3.05, 3.63) is 61.2 Å². The summed E-state index contributed by atoms with van der Waals surface area (Å²) >= 11 is 0. The first-order chi connectivity index (χ1) is 9.00. The Labute approximate surface area is 108 Å². The molecule has 0 aliphatic carbocycles. The van der Waals surface area contributed by atoms with Crippen molar-refractivity contribution < 1.29 is 0 Å². The van der Waals surface area contributed by atoms with Crippen molar-refractivity contribution in [3.8, 4) is 0 Å². The van der Waals surface area contributed by atoms with Gasteiger partial charge in [0.25, 0.3) is 0 Å². The van der Waals surface area contributed by atoms with Crippen LogP contribution in [0.5, 0.6) is 0 Å². The number of hydrogen-bond donors (Lipinski definition) is 2. The van der Waals surface area contributed by atoms with E-state index in [0.717, 1.165) is 26.2 Å². The van der Waals surface area contributed by atoms with Crippen molar-refractivity contribution in [2.75, 3.05) is 26.2 Å². The predicted octanol–water partition coefficient (Wildman–Crippen LogP) is 1.34.